The smallest absolute Gasteiger partial charge is 0.231 e. The largest absolute Gasteiger partial charge is 0.384 e. The second-order valence-electron chi connectivity index (χ2n) is 6.20. The number of hydrogen-bond donors (Lipinski definition) is 1. The van der Waals surface area contributed by atoms with Gasteiger partial charge in [-0.05, 0) is 38.1 Å². The summed E-state index contributed by atoms with van der Waals surface area (Å²) in [5.74, 6) is 0.167. The lowest BCUT2D eigenvalue weighted by Gasteiger charge is -2.38. The summed E-state index contributed by atoms with van der Waals surface area (Å²) in [7, 11) is 3.54. The molecule has 5 nitrogen and oxygen atoms in total. The highest BCUT2D eigenvalue weighted by atomic mass is 32.1. The van der Waals surface area contributed by atoms with Gasteiger partial charge < -0.3 is 15.0 Å². The van der Waals surface area contributed by atoms with Crippen molar-refractivity contribution in [2.75, 3.05) is 33.9 Å². The summed E-state index contributed by atoms with van der Waals surface area (Å²) >= 11 is 1.65. The van der Waals surface area contributed by atoms with Crippen molar-refractivity contribution in [3.63, 3.8) is 0 Å². The Hall–Kier alpha value is -1.50. The molecule has 2 heterocycles. The Balaban J connectivity index is 1.75. The number of methoxy groups -OCH3 is 1. The first-order valence-corrected chi connectivity index (χ1v) is 8.76. The Morgan fingerprint density at radius 2 is 2.13 bits per heavy atom. The maximum Gasteiger partial charge on any atom is 0.231 e. The van der Waals surface area contributed by atoms with Crippen LogP contribution in [-0.4, -0.2) is 49.6 Å². The van der Waals surface area contributed by atoms with Gasteiger partial charge in [-0.15, -0.1) is 11.3 Å². The molecular formula is C17H23N3O2S. The van der Waals surface area contributed by atoms with E-state index in [9.17, 15) is 4.79 Å². The van der Waals surface area contributed by atoms with Crippen molar-refractivity contribution < 1.29 is 9.53 Å². The number of nitrogens with zero attached hydrogens (tertiary/aromatic N) is 2. The van der Waals surface area contributed by atoms with Crippen molar-refractivity contribution in [3.8, 4) is 0 Å². The summed E-state index contributed by atoms with van der Waals surface area (Å²) in [6, 6.07) is 8.08. The van der Waals surface area contributed by atoms with Crippen LogP contribution in [0.2, 0.25) is 0 Å². The fourth-order valence-electron chi connectivity index (χ4n) is 3.27. The van der Waals surface area contributed by atoms with Crippen LogP contribution in [0.5, 0.6) is 0 Å². The fourth-order valence-corrected chi connectivity index (χ4v) is 4.29. The van der Waals surface area contributed by atoms with Gasteiger partial charge in [0.05, 0.1) is 28.8 Å². The Morgan fingerprint density at radius 3 is 2.83 bits per heavy atom. The molecule has 1 amide bonds. The predicted molar refractivity (Wildman–Crippen MR) is 92.5 cm³/mol. The van der Waals surface area contributed by atoms with Gasteiger partial charge in [0.15, 0.2) is 0 Å². The Kier molecular flexibility index (Phi) is 4.94. The second-order valence-corrected chi connectivity index (χ2v) is 7.32. The first-order valence-electron chi connectivity index (χ1n) is 7.94. The molecule has 3 rings (SSSR count). The monoisotopic (exact) mass is 333 g/mol. The van der Waals surface area contributed by atoms with E-state index in [0.29, 0.717) is 13.2 Å². The average Bonchev–Trinajstić information content (AvgIpc) is 2.97. The summed E-state index contributed by atoms with van der Waals surface area (Å²) in [6.45, 7) is 2.77. The van der Waals surface area contributed by atoms with Gasteiger partial charge in [-0.3, -0.25) is 4.79 Å². The highest BCUT2D eigenvalue weighted by Gasteiger charge is 2.41. The highest BCUT2D eigenvalue weighted by molar-refractivity contribution is 7.18. The van der Waals surface area contributed by atoms with E-state index >= 15 is 0 Å². The van der Waals surface area contributed by atoms with Gasteiger partial charge in [0, 0.05) is 14.2 Å². The van der Waals surface area contributed by atoms with E-state index in [1.807, 2.05) is 30.1 Å². The number of carbonyl (C=O) groups excluding carboxylic acids is 1. The van der Waals surface area contributed by atoms with E-state index in [2.05, 4.69) is 16.4 Å². The lowest BCUT2D eigenvalue weighted by Crippen LogP contribution is -2.50. The topological polar surface area (TPSA) is 54.5 Å². The molecule has 0 aliphatic carbocycles. The second kappa shape index (κ2) is 6.95. The lowest BCUT2D eigenvalue weighted by molar-refractivity contribution is -0.146. The molecule has 1 fully saturated rings. The first-order chi connectivity index (χ1) is 11.1. The van der Waals surface area contributed by atoms with Crippen LogP contribution in [0.25, 0.3) is 10.2 Å². The van der Waals surface area contributed by atoms with Crippen LogP contribution < -0.4 is 5.32 Å². The van der Waals surface area contributed by atoms with Gasteiger partial charge in [0.25, 0.3) is 0 Å². The Labute approximate surface area is 140 Å². The molecule has 6 heteroatoms. The van der Waals surface area contributed by atoms with Crippen LogP contribution in [-0.2, 0) is 16.1 Å². The van der Waals surface area contributed by atoms with E-state index in [1.54, 1.807) is 18.4 Å². The number of amides is 1. The molecule has 1 aliphatic heterocycles. The third-order valence-corrected chi connectivity index (χ3v) is 5.51. The molecule has 0 spiro atoms. The number of rotatable bonds is 5. The van der Waals surface area contributed by atoms with E-state index in [-0.39, 0.29) is 5.91 Å². The third-order valence-electron chi connectivity index (χ3n) is 4.49. The number of aromatic nitrogens is 1. The molecule has 1 N–H and O–H groups in total. The number of hydrogen-bond acceptors (Lipinski definition) is 5. The molecular weight excluding hydrogens is 310 g/mol. The molecule has 0 bridgehead atoms. The summed E-state index contributed by atoms with van der Waals surface area (Å²) in [5.41, 5.74) is 0.604. The van der Waals surface area contributed by atoms with Crippen molar-refractivity contribution in [2.45, 2.75) is 19.4 Å². The van der Waals surface area contributed by atoms with E-state index in [1.165, 1.54) is 0 Å². The van der Waals surface area contributed by atoms with E-state index < -0.39 is 5.41 Å². The molecule has 1 aromatic carbocycles. The molecule has 1 aliphatic rings. The quantitative estimate of drug-likeness (QED) is 0.912. The number of piperidine rings is 1. The van der Waals surface area contributed by atoms with Crippen LogP contribution in [0.4, 0.5) is 0 Å². The summed E-state index contributed by atoms with van der Waals surface area (Å²) in [5, 5.41) is 4.30. The van der Waals surface area contributed by atoms with E-state index in [4.69, 9.17) is 4.74 Å². The fraction of sp³-hybridized carbons (Fsp3) is 0.529. The number of carbonyl (C=O) groups is 1. The summed E-state index contributed by atoms with van der Waals surface area (Å²) in [4.78, 5) is 19.5. The summed E-state index contributed by atoms with van der Waals surface area (Å²) in [6.07, 6.45) is 1.65. The van der Waals surface area contributed by atoms with Crippen LogP contribution in [0.3, 0.4) is 0 Å². The average molecular weight is 333 g/mol. The number of benzene rings is 1. The van der Waals surface area contributed by atoms with Gasteiger partial charge in [0.2, 0.25) is 5.91 Å². The standard InChI is InChI=1S/C17H23N3O2S/c1-20(11-15-19-13-5-3-4-6-14(13)23-15)16(21)17(12-22-2)7-9-18-10-8-17/h3-6,18H,7-12H2,1-2H3. The molecule has 1 aromatic heterocycles. The molecule has 124 valence electrons. The molecule has 0 saturated carbocycles. The van der Waals surface area contributed by atoms with Crippen molar-refractivity contribution in [3.05, 3.63) is 29.3 Å². The zero-order valence-corrected chi connectivity index (χ0v) is 14.5. The minimum absolute atomic E-state index is 0.167. The van der Waals surface area contributed by atoms with Crippen LogP contribution >= 0.6 is 11.3 Å². The number of nitrogens with one attached hydrogen (secondary N) is 1. The molecule has 0 unspecified atom stereocenters. The third kappa shape index (κ3) is 3.39. The van der Waals surface area contributed by atoms with Gasteiger partial charge in [0.1, 0.15) is 5.01 Å². The van der Waals surface area contributed by atoms with Crippen LogP contribution in [0, 0.1) is 5.41 Å². The van der Waals surface area contributed by atoms with Crippen molar-refractivity contribution in [1.82, 2.24) is 15.2 Å². The normalized spacial score (nSPS) is 17.3. The predicted octanol–water partition coefficient (Wildman–Crippen LogP) is 2.27. The zero-order valence-electron chi connectivity index (χ0n) is 13.7. The number of thiazole rings is 1. The minimum Gasteiger partial charge on any atom is -0.384 e. The molecule has 0 radical (unpaired) electrons. The lowest BCUT2D eigenvalue weighted by atomic mass is 9.78. The molecule has 1 saturated heterocycles. The maximum absolute atomic E-state index is 13.0. The highest BCUT2D eigenvalue weighted by Crippen LogP contribution is 2.32. The van der Waals surface area contributed by atoms with E-state index in [0.717, 1.165) is 41.2 Å². The zero-order chi connectivity index (χ0) is 16.3. The van der Waals surface area contributed by atoms with Crippen LogP contribution in [0.1, 0.15) is 17.8 Å². The number of para-hydroxylation sites is 1. The molecule has 23 heavy (non-hydrogen) atoms. The van der Waals surface area contributed by atoms with Crippen molar-refractivity contribution in [2.24, 2.45) is 5.41 Å². The van der Waals surface area contributed by atoms with Gasteiger partial charge in [-0.1, -0.05) is 12.1 Å². The van der Waals surface area contributed by atoms with Crippen LogP contribution in [0.15, 0.2) is 24.3 Å². The van der Waals surface area contributed by atoms with Gasteiger partial charge in [-0.2, -0.15) is 0 Å². The maximum atomic E-state index is 13.0. The van der Waals surface area contributed by atoms with Crippen molar-refractivity contribution >= 4 is 27.5 Å². The first kappa shape index (κ1) is 16.4. The number of fused-ring (bicyclic) bond motifs is 1. The SMILES string of the molecule is COCC1(C(=O)N(C)Cc2nc3ccccc3s2)CCNCC1. The van der Waals surface area contributed by atoms with Crippen molar-refractivity contribution in [1.29, 1.82) is 0 Å². The molecule has 0 atom stereocenters. The number of ether oxygens (including phenoxy) is 1. The summed E-state index contributed by atoms with van der Waals surface area (Å²) < 4.78 is 6.53. The van der Waals surface area contributed by atoms with Gasteiger partial charge >= 0.3 is 0 Å². The van der Waals surface area contributed by atoms with Gasteiger partial charge in [-0.25, -0.2) is 4.98 Å². The molecule has 2 aromatic rings. The Bertz CT molecular complexity index is 641. The minimum atomic E-state index is -0.397. The Morgan fingerprint density at radius 1 is 1.39 bits per heavy atom.